The summed E-state index contributed by atoms with van der Waals surface area (Å²) in [4.78, 5) is 14.5. The first-order valence-corrected chi connectivity index (χ1v) is 8.31. The molecule has 1 fully saturated rings. The Kier molecular flexibility index (Phi) is 5.15. The van der Waals surface area contributed by atoms with Gasteiger partial charge in [0.05, 0.1) is 12.8 Å². The van der Waals surface area contributed by atoms with Gasteiger partial charge in [-0.2, -0.15) is 5.10 Å². The minimum Gasteiger partial charge on any atom is -0.481 e. The third-order valence-electron chi connectivity index (χ3n) is 4.54. The number of aliphatic hydroxyl groups excluding tert-OH is 1. The van der Waals surface area contributed by atoms with Gasteiger partial charge in [0.15, 0.2) is 6.10 Å². The van der Waals surface area contributed by atoms with Gasteiger partial charge in [0.1, 0.15) is 5.75 Å². The summed E-state index contributed by atoms with van der Waals surface area (Å²) in [5.74, 6) is 1.08. The Labute approximate surface area is 141 Å². The van der Waals surface area contributed by atoms with E-state index in [2.05, 4.69) is 10.2 Å². The summed E-state index contributed by atoms with van der Waals surface area (Å²) in [6.07, 6.45) is 5.14. The number of rotatable bonds is 5. The average molecular weight is 329 g/mol. The molecular formula is C18H23N3O3. The number of likely N-dealkylation sites (tertiary alicyclic amines) is 1. The van der Waals surface area contributed by atoms with Crippen LogP contribution >= 0.6 is 0 Å². The molecule has 1 aromatic heterocycles. The molecule has 0 saturated carbocycles. The normalized spacial score (nSPS) is 16.8. The van der Waals surface area contributed by atoms with E-state index in [-0.39, 0.29) is 12.5 Å². The lowest BCUT2D eigenvalue weighted by atomic mass is 9.91. The van der Waals surface area contributed by atoms with Crippen molar-refractivity contribution in [2.24, 2.45) is 0 Å². The number of carbonyl (C=O) groups is 1. The van der Waals surface area contributed by atoms with E-state index in [0.717, 1.165) is 31.5 Å². The highest BCUT2D eigenvalue weighted by Crippen LogP contribution is 2.27. The number of benzene rings is 1. The van der Waals surface area contributed by atoms with Crippen molar-refractivity contribution in [1.82, 2.24) is 15.1 Å². The molecule has 6 nitrogen and oxygen atoms in total. The topological polar surface area (TPSA) is 78.5 Å². The number of hydrogen-bond acceptors (Lipinski definition) is 4. The molecule has 24 heavy (non-hydrogen) atoms. The van der Waals surface area contributed by atoms with Crippen LogP contribution in [-0.4, -0.2) is 45.3 Å². The van der Waals surface area contributed by atoms with Crippen LogP contribution in [0.3, 0.4) is 0 Å². The lowest BCUT2D eigenvalue weighted by Gasteiger charge is -2.33. The molecule has 1 atom stereocenters. The van der Waals surface area contributed by atoms with Crippen molar-refractivity contribution < 1.29 is 14.6 Å². The molecule has 0 radical (unpaired) electrons. The van der Waals surface area contributed by atoms with Crippen LogP contribution in [0.4, 0.5) is 0 Å². The number of H-pyrrole nitrogens is 1. The third kappa shape index (κ3) is 3.76. The Hall–Kier alpha value is -2.34. The van der Waals surface area contributed by atoms with Crippen LogP contribution in [0.1, 0.15) is 36.8 Å². The number of aliphatic hydroxyl groups is 1. The fourth-order valence-electron chi connectivity index (χ4n) is 3.15. The molecule has 1 aromatic carbocycles. The molecule has 1 unspecified atom stereocenters. The maximum atomic E-state index is 12.6. The first-order chi connectivity index (χ1) is 11.7. The maximum absolute atomic E-state index is 12.6. The molecule has 6 heteroatoms. The van der Waals surface area contributed by atoms with Crippen LogP contribution in [0.15, 0.2) is 36.7 Å². The highest BCUT2D eigenvalue weighted by Gasteiger charge is 2.28. The van der Waals surface area contributed by atoms with Crippen LogP contribution < -0.4 is 4.74 Å². The van der Waals surface area contributed by atoms with E-state index >= 15 is 0 Å². The fourth-order valence-corrected chi connectivity index (χ4v) is 3.15. The highest BCUT2D eigenvalue weighted by molar-refractivity contribution is 5.81. The second-order valence-corrected chi connectivity index (χ2v) is 6.20. The highest BCUT2D eigenvalue weighted by atomic mass is 16.5. The minimum atomic E-state index is -0.538. The predicted molar refractivity (Wildman–Crippen MR) is 89.6 cm³/mol. The minimum absolute atomic E-state index is 0.00930. The van der Waals surface area contributed by atoms with E-state index < -0.39 is 6.10 Å². The molecule has 0 spiro atoms. The molecule has 3 rings (SSSR count). The van der Waals surface area contributed by atoms with Gasteiger partial charge in [0.25, 0.3) is 5.91 Å². The zero-order valence-corrected chi connectivity index (χ0v) is 13.8. The summed E-state index contributed by atoms with van der Waals surface area (Å²) >= 11 is 0. The number of ether oxygens (including phenoxy) is 1. The van der Waals surface area contributed by atoms with E-state index in [1.54, 1.807) is 19.1 Å². The molecular weight excluding hydrogens is 306 g/mol. The molecule has 1 aliphatic rings. The predicted octanol–water partition coefficient (Wildman–Crippen LogP) is 2.08. The Morgan fingerprint density at radius 2 is 2.25 bits per heavy atom. The largest absolute Gasteiger partial charge is 0.481 e. The van der Waals surface area contributed by atoms with Gasteiger partial charge in [-0.1, -0.05) is 12.1 Å². The Morgan fingerprint density at radius 1 is 1.46 bits per heavy atom. The Morgan fingerprint density at radius 3 is 2.92 bits per heavy atom. The summed E-state index contributed by atoms with van der Waals surface area (Å²) in [6, 6.07) is 7.19. The quantitative estimate of drug-likeness (QED) is 0.880. The second-order valence-electron chi connectivity index (χ2n) is 6.20. The number of nitrogens with one attached hydrogen (secondary N) is 1. The van der Waals surface area contributed by atoms with Crippen molar-refractivity contribution in [1.29, 1.82) is 0 Å². The molecule has 2 heterocycles. The van der Waals surface area contributed by atoms with Crippen molar-refractivity contribution in [2.75, 3.05) is 13.1 Å². The number of carbonyl (C=O) groups excluding carboxylic acids is 1. The maximum Gasteiger partial charge on any atom is 0.263 e. The van der Waals surface area contributed by atoms with E-state index in [9.17, 15) is 9.90 Å². The summed E-state index contributed by atoms with van der Waals surface area (Å²) < 4.78 is 5.75. The lowest BCUT2D eigenvalue weighted by Crippen LogP contribution is -2.44. The number of aromatic nitrogens is 2. The van der Waals surface area contributed by atoms with Gasteiger partial charge in [-0.3, -0.25) is 9.89 Å². The summed E-state index contributed by atoms with van der Waals surface area (Å²) in [7, 11) is 0. The Bertz CT molecular complexity index is 664. The van der Waals surface area contributed by atoms with Crippen LogP contribution in [0.25, 0.3) is 0 Å². The number of amides is 1. The van der Waals surface area contributed by atoms with Crippen molar-refractivity contribution in [3.8, 4) is 5.75 Å². The fraction of sp³-hybridized carbons (Fsp3) is 0.444. The van der Waals surface area contributed by atoms with E-state index in [4.69, 9.17) is 4.74 Å². The molecule has 1 amide bonds. The van der Waals surface area contributed by atoms with Gasteiger partial charge in [-0.15, -0.1) is 0 Å². The SMILES string of the molecule is CC(Oc1cccc(CO)c1)C(=O)N1CCC(c2cn[nH]c2)CC1. The van der Waals surface area contributed by atoms with E-state index in [1.165, 1.54) is 5.56 Å². The Balaban J connectivity index is 1.54. The van der Waals surface area contributed by atoms with Gasteiger partial charge in [-0.25, -0.2) is 0 Å². The lowest BCUT2D eigenvalue weighted by molar-refractivity contribution is -0.139. The molecule has 2 aromatic rings. The van der Waals surface area contributed by atoms with Crippen molar-refractivity contribution >= 4 is 5.91 Å². The van der Waals surface area contributed by atoms with Gasteiger partial charge in [0, 0.05) is 19.3 Å². The van der Waals surface area contributed by atoms with Crippen LogP contribution in [-0.2, 0) is 11.4 Å². The first kappa shape index (κ1) is 16.5. The van der Waals surface area contributed by atoms with Crippen molar-refractivity contribution in [3.05, 3.63) is 47.8 Å². The number of aromatic amines is 1. The van der Waals surface area contributed by atoms with Crippen LogP contribution in [0.5, 0.6) is 5.75 Å². The van der Waals surface area contributed by atoms with Gasteiger partial charge in [0.2, 0.25) is 0 Å². The molecule has 0 bridgehead atoms. The van der Waals surface area contributed by atoms with Gasteiger partial charge >= 0.3 is 0 Å². The summed E-state index contributed by atoms with van der Waals surface area (Å²) in [5.41, 5.74) is 1.99. The molecule has 1 aliphatic heterocycles. The van der Waals surface area contributed by atoms with Crippen LogP contribution in [0, 0.1) is 0 Å². The van der Waals surface area contributed by atoms with E-state index in [1.807, 2.05) is 29.4 Å². The van der Waals surface area contributed by atoms with Gasteiger partial charge < -0.3 is 14.7 Å². The molecule has 1 saturated heterocycles. The van der Waals surface area contributed by atoms with Crippen molar-refractivity contribution in [3.63, 3.8) is 0 Å². The molecule has 128 valence electrons. The van der Waals surface area contributed by atoms with Crippen molar-refractivity contribution in [2.45, 2.75) is 38.4 Å². The van der Waals surface area contributed by atoms with Gasteiger partial charge in [-0.05, 0) is 48.9 Å². The zero-order valence-electron chi connectivity index (χ0n) is 13.8. The molecule has 0 aliphatic carbocycles. The smallest absolute Gasteiger partial charge is 0.263 e. The number of hydrogen-bond donors (Lipinski definition) is 2. The molecule has 2 N–H and O–H groups in total. The van der Waals surface area contributed by atoms with Crippen LogP contribution in [0.2, 0.25) is 0 Å². The van der Waals surface area contributed by atoms with E-state index in [0.29, 0.717) is 11.7 Å². The number of piperidine rings is 1. The zero-order chi connectivity index (χ0) is 16.9. The number of nitrogens with zero attached hydrogens (tertiary/aromatic N) is 2. The monoisotopic (exact) mass is 329 g/mol. The average Bonchev–Trinajstić information content (AvgIpc) is 3.16. The standard InChI is InChI=1S/C18H23N3O3/c1-13(24-17-4-2-3-14(9-17)12-22)18(23)21-7-5-15(6-8-21)16-10-19-20-11-16/h2-4,9-11,13,15,22H,5-8,12H2,1H3,(H,19,20). The second kappa shape index (κ2) is 7.49. The summed E-state index contributed by atoms with van der Waals surface area (Å²) in [5, 5.41) is 16.0. The third-order valence-corrected chi connectivity index (χ3v) is 4.54. The summed E-state index contributed by atoms with van der Waals surface area (Å²) in [6.45, 7) is 3.20. The first-order valence-electron chi connectivity index (χ1n) is 8.31.